The Hall–Kier alpha value is -1.97. The predicted octanol–water partition coefficient (Wildman–Crippen LogP) is 7.59. The van der Waals surface area contributed by atoms with Gasteiger partial charge in [-0.1, -0.05) is 68.0 Å². The van der Waals surface area contributed by atoms with E-state index in [1.54, 1.807) is 0 Å². The highest BCUT2D eigenvalue weighted by Crippen LogP contribution is 2.68. The molecule has 1 unspecified atom stereocenters. The molecule has 0 spiro atoms. The van der Waals surface area contributed by atoms with Gasteiger partial charge in [-0.2, -0.15) is 0 Å². The summed E-state index contributed by atoms with van der Waals surface area (Å²) < 4.78 is 13.5. The maximum Gasteiger partial charge on any atom is 0.123 e. The van der Waals surface area contributed by atoms with Crippen LogP contribution in [-0.4, -0.2) is 16.3 Å². The van der Waals surface area contributed by atoms with Gasteiger partial charge in [0.2, 0.25) is 0 Å². The zero-order valence-corrected chi connectivity index (χ0v) is 22.5. The Morgan fingerprint density at radius 3 is 2.43 bits per heavy atom. The molecule has 2 N–H and O–H groups in total. The van der Waals surface area contributed by atoms with E-state index in [0.29, 0.717) is 24.2 Å². The summed E-state index contributed by atoms with van der Waals surface area (Å²) in [5.74, 6) is 1.99. The molecule has 3 fully saturated rings. The molecule has 6 rings (SSSR count). The lowest BCUT2D eigenvalue weighted by atomic mass is 9.46. The number of fused-ring (bicyclic) bond motifs is 5. The Kier molecular flexibility index (Phi) is 6.39. The van der Waals surface area contributed by atoms with Gasteiger partial charge in [0, 0.05) is 0 Å². The van der Waals surface area contributed by atoms with Crippen molar-refractivity contribution in [1.82, 2.24) is 0 Å². The van der Waals surface area contributed by atoms with Crippen molar-refractivity contribution in [1.29, 1.82) is 0 Å². The summed E-state index contributed by atoms with van der Waals surface area (Å²) in [5, 5.41) is 23.0. The molecule has 0 heterocycles. The minimum absolute atomic E-state index is 0.102. The summed E-state index contributed by atoms with van der Waals surface area (Å²) in [7, 11) is 0. The van der Waals surface area contributed by atoms with Crippen LogP contribution < -0.4 is 0 Å². The third kappa shape index (κ3) is 4.12. The highest BCUT2D eigenvalue weighted by atomic mass is 19.1. The Labute approximate surface area is 222 Å². The number of benzene rings is 2. The average molecular weight is 503 g/mol. The van der Waals surface area contributed by atoms with Crippen molar-refractivity contribution in [3.63, 3.8) is 0 Å². The maximum absolute atomic E-state index is 13.5. The molecule has 3 saturated carbocycles. The van der Waals surface area contributed by atoms with Crippen molar-refractivity contribution < 1.29 is 14.6 Å². The fourth-order valence-electron chi connectivity index (χ4n) is 9.66. The van der Waals surface area contributed by atoms with Gasteiger partial charge < -0.3 is 10.2 Å². The van der Waals surface area contributed by atoms with Gasteiger partial charge in [-0.3, -0.25) is 0 Å². The van der Waals surface area contributed by atoms with Gasteiger partial charge in [-0.05, 0) is 122 Å². The molecular formula is C34H43FO2. The van der Waals surface area contributed by atoms with Crippen molar-refractivity contribution in [2.45, 2.75) is 89.8 Å². The molecule has 4 aliphatic rings. The molecule has 0 aliphatic heterocycles. The van der Waals surface area contributed by atoms with Crippen LogP contribution in [-0.2, 0) is 12.0 Å². The summed E-state index contributed by atoms with van der Waals surface area (Å²) in [4.78, 5) is 0. The molecule has 198 valence electrons. The van der Waals surface area contributed by atoms with E-state index in [4.69, 9.17) is 0 Å². The summed E-state index contributed by atoms with van der Waals surface area (Å²) in [6, 6.07) is 17.1. The van der Waals surface area contributed by atoms with Gasteiger partial charge in [0.15, 0.2) is 0 Å². The second kappa shape index (κ2) is 9.35. The second-order valence-corrected chi connectivity index (χ2v) is 13.2. The molecule has 2 aromatic rings. The number of hydrogen-bond acceptors (Lipinski definition) is 2. The lowest BCUT2D eigenvalue weighted by molar-refractivity contribution is -0.117. The fraction of sp³-hybridized carbons (Fsp3) is 0.588. The normalized spacial score (nSPS) is 38.6. The quantitative estimate of drug-likeness (QED) is 0.414. The van der Waals surface area contributed by atoms with E-state index in [2.05, 4.69) is 44.2 Å². The summed E-state index contributed by atoms with van der Waals surface area (Å²) >= 11 is 0. The molecule has 37 heavy (non-hydrogen) atoms. The topological polar surface area (TPSA) is 40.5 Å². The third-order valence-corrected chi connectivity index (χ3v) is 11.6. The second-order valence-electron chi connectivity index (χ2n) is 13.2. The van der Waals surface area contributed by atoms with E-state index in [1.807, 2.05) is 18.2 Å². The van der Waals surface area contributed by atoms with E-state index in [1.165, 1.54) is 37.0 Å². The smallest absolute Gasteiger partial charge is 0.123 e. The highest BCUT2D eigenvalue weighted by Gasteiger charge is 2.62. The highest BCUT2D eigenvalue weighted by molar-refractivity contribution is 5.29. The van der Waals surface area contributed by atoms with E-state index < -0.39 is 5.60 Å². The molecule has 2 nitrogen and oxygen atoms in total. The largest absolute Gasteiger partial charge is 0.393 e. The number of aryl methyl sites for hydroxylation is 1. The van der Waals surface area contributed by atoms with Gasteiger partial charge in [0.25, 0.3) is 0 Å². The first kappa shape index (κ1) is 25.3. The summed E-state index contributed by atoms with van der Waals surface area (Å²) in [6.45, 7) is 4.98. The van der Waals surface area contributed by atoms with E-state index in [-0.39, 0.29) is 28.7 Å². The van der Waals surface area contributed by atoms with Crippen molar-refractivity contribution in [3.05, 3.63) is 83.2 Å². The van der Waals surface area contributed by atoms with Crippen LogP contribution in [0.1, 0.15) is 82.8 Å². The van der Waals surface area contributed by atoms with Crippen LogP contribution in [0.2, 0.25) is 0 Å². The third-order valence-electron chi connectivity index (χ3n) is 11.6. The van der Waals surface area contributed by atoms with Crippen molar-refractivity contribution in [2.24, 2.45) is 34.5 Å². The molecule has 8 atom stereocenters. The van der Waals surface area contributed by atoms with Crippen LogP contribution in [0.4, 0.5) is 4.39 Å². The van der Waals surface area contributed by atoms with Crippen LogP contribution in [0.3, 0.4) is 0 Å². The zero-order chi connectivity index (χ0) is 25.8. The van der Waals surface area contributed by atoms with Gasteiger partial charge in [0.05, 0.1) is 11.7 Å². The standard InChI is InChI=1S/C34H43FO2/c1-32-19-17-27(36)22-25(32)10-13-28-29-14-15-31(33(29,2)20-18-30(28)32)34(37,24-6-4-3-5-7-24)21-16-23-8-11-26(35)12-9-23/h3-12,27-31,36-37H,13-22H2,1-2H3/t27-,28-,29-,30-,31-,32-,33-,34?/m0/s1. The average Bonchev–Trinajstić information content (AvgIpc) is 3.27. The summed E-state index contributed by atoms with van der Waals surface area (Å²) in [5.41, 5.74) is 3.07. The maximum atomic E-state index is 13.5. The number of aliphatic hydroxyl groups is 2. The van der Waals surface area contributed by atoms with Crippen molar-refractivity contribution >= 4 is 0 Å². The minimum atomic E-state index is -0.902. The summed E-state index contributed by atoms with van der Waals surface area (Å²) in [6.07, 6.45) is 12.4. The lowest BCUT2D eigenvalue weighted by Gasteiger charge is -2.59. The Morgan fingerprint density at radius 1 is 0.919 bits per heavy atom. The fourth-order valence-corrected chi connectivity index (χ4v) is 9.66. The number of aliphatic hydroxyl groups excluding tert-OH is 1. The van der Waals surface area contributed by atoms with Crippen LogP contribution in [0, 0.1) is 40.3 Å². The van der Waals surface area contributed by atoms with Crippen LogP contribution in [0.15, 0.2) is 66.2 Å². The molecule has 0 bridgehead atoms. The minimum Gasteiger partial charge on any atom is -0.393 e. The van der Waals surface area contributed by atoms with Gasteiger partial charge in [-0.25, -0.2) is 4.39 Å². The van der Waals surface area contributed by atoms with E-state index in [9.17, 15) is 14.6 Å². The van der Waals surface area contributed by atoms with Crippen LogP contribution in [0.5, 0.6) is 0 Å². The molecule has 3 heteroatoms. The lowest BCUT2D eigenvalue weighted by Crippen LogP contribution is -2.53. The SMILES string of the molecule is C[C@]12CC[C@H]3[C@@H](CC=C4C[C@@H](O)CC[C@@]43C)[C@@H]1CC[C@@H]2C(O)(CCc1ccc(F)cc1)c1ccccc1. The molecule has 0 aromatic heterocycles. The zero-order valence-electron chi connectivity index (χ0n) is 22.5. The van der Waals surface area contributed by atoms with Crippen LogP contribution in [0.25, 0.3) is 0 Å². The number of halogens is 1. The molecular weight excluding hydrogens is 459 g/mol. The van der Waals surface area contributed by atoms with Gasteiger partial charge in [0.1, 0.15) is 5.82 Å². The Balaban J connectivity index is 1.31. The van der Waals surface area contributed by atoms with Crippen molar-refractivity contribution in [2.75, 3.05) is 0 Å². The molecule has 0 saturated heterocycles. The van der Waals surface area contributed by atoms with Gasteiger partial charge in [-0.15, -0.1) is 0 Å². The molecule has 4 aliphatic carbocycles. The Bertz CT molecular complexity index is 1140. The van der Waals surface area contributed by atoms with E-state index >= 15 is 0 Å². The molecule has 2 aromatic carbocycles. The molecule has 0 amide bonds. The first-order valence-corrected chi connectivity index (χ1v) is 14.6. The number of hydrogen-bond donors (Lipinski definition) is 2. The first-order chi connectivity index (χ1) is 17.7. The predicted molar refractivity (Wildman–Crippen MR) is 146 cm³/mol. The van der Waals surface area contributed by atoms with Crippen molar-refractivity contribution in [3.8, 4) is 0 Å². The van der Waals surface area contributed by atoms with Gasteiger partial charge >= 0.3 is 0 Å². The van der Waals surface area contributed by atoms with Crippen LogP contribution >= 0.6 is 0 Å². The van der Waals surface area contributed by atoms with E-state index in [0.717, 1.165) is 49.7 Å². The first-order valence-electron chi connectivity index (χ1n) is 14.6. The Morgan fingerprint density at radius 2 is 1.68 bits per heavy atom. The monoisotopic (exact) mass is 502 g/mol. The number of allylic oxidation sites excluding steroid dienone is 1. The molecule has 0 radical (unpaired) electrons. The number of rotatable bonds is 5.